The fraction of sp³-hybridized carbons (Fsp3) is 0.391. The lowest BCUT2D eigenvalue weighted by atomic mass is 9.86. The molecule has 1 aliphatic heterocycles. The van der Waals surface area contributed by atoms with Gasteiger partial charge in [0.15, 0.2) is 0 Å². The molecule has 5 heteroatoms. The van der Waals surface area contributed by atoms with E-state index in [1.807, 2.05) is 59.5 Å². The lowest BCUT2D eigenvalue weighted by Gasteiger charge is -2.34. The largest absolute Gasteiger partial charge is 0.335 e. The van der Waals surface area contributed by atoms with E-state index in [1.165, 1.54) is 5.56 Å². The number of carbonyl (C=O) groups excluding carboxylic acids is 2. The topological polar surface area (TPSA) is 52.7 Å². The quantitative estimate of drug-likeness (QED) is 0.885. The number of nitrogens with zero attached hydrogens (tertiary/aromatic N) is 2. The van der Waals surface area contributed by atoms with Gasteiger partial charge in [-0.2, -0.15) is 0 Å². The fourth-order valence-electron chi connectivity index (χ4n) is 3.29. The Balaban J connectivity index is 1.50. The molecule has 3 amide bonds. The maximum absolute atomic E-state index is 12.8. The predicted octanol–water partition coefficient (Wildman–Crippen LogP) is 3.65. The van der Waals surface area contributed by atoms with Crippen LogP contribution in [0.5, 0.6) is 0 Å². The van der Waals surface area contributed by atoms with Gasteiger partial charge in [-0.3, -0.25) is 4.79 Å². The Labute approximate surface area is 167 Å². The third-order valence-corrected chi connectivity index (χ3v) is 5.14. The SMILES string of the molecule is CC(C)(C)c1ccc(C(=O)N2CCN(C(=O)NCc3ccccc3)CC2)cc1. The van der Waals surface area contributed by atoms with E-state index in [0.29, 0.717) is 38.3 Å². The predicted molar refractivity (Wildman–Crippen MR) is 111 cm³/mol. The van der Waals surface area contributed by atoms with Gasteiger partial charge in [0.1, 0.15) is 0 Å². The van der Waals surface area contributed by atoms with Gasteiger partial charge in [0.2, 0.25) is 0 Å². The number of hydrogen-bond acceptors (Lipinski definition) is 2. The van der Waals surface area contributed by atoms with Gasteiger partial charge in [-0.05, 0) is 28.7 Å². The second-order valence-corrected chi connectivity index (χ2v) is 8.25. The highest BCUT2D eigenvalue weighted by Gasteiger charge is 2.25. The maximum atomic E-state index is 12.8. The molecule has 0 unspecified atom stereocenters. The monoisotopic (exact) mass is 379 g/mol. The molecule has 0 saturated carbocycles. The second-order valence-electron chi connectivity index (χ2n) is 8.25. The van der Waals surface area contributed by atoms with Crippen LogP contribution in [-0.2, 0) is 12.0 Å². The number of rotatable bonds is 3. The van der Waals surface area contributed by atoms with Crippen LogP contribution in [0.15, 0.2) is 54.6 Å². The summed E-state index contributed by atoms with van der Waals surface area (Å²) in [5.74, 6) is 0.0322. The molecule has 148 valence electrons. The Kier molecular flexibility index (Phi) is 6.02. The lowest BCUT2D eigenvalue weighted by molar-refractivity contribution is 0.0665. The van der Waals surface area contributed by atoms with Crippen LogP contribution >= 0.6 is 0 Å². The van der Waals surface area contributed by atoms with Crippen molar-refractivity contribution in [1.29, 1.82) is 0 Å². The van der Waals surface area contributed by atoms with Gasteiger partial charge < -0.3 is 15.1 Å². The van der Waals surface area contributed by atoms with Gasteiger partial charge in [-0.15, -0.1) is 0 Å². The molecule has 0 radical (unpaired) electrons. The van der Waals surface area contributed by atoms with Crippen molar-refractivity contribution < 1.29 is 9.59 Å². The highest BCUT2D eigenvalue weighted by Crippen LogP contribution is 2.22. The van der Waals surface area contributed by atoms with Gasteiger partial charge in [-0.25, -0.2) is 4.79 Å². The first-order valence-corrected chi connectivity index (χ1v) is 9.81. The highest BCUT2D eigenvalue weighted by molar-refractivity contribution is 5.94. The minimum Gasteiger partial charge on any atom is -0.335 e. The van der Waals surface area contributed by atoms with Crippen molar-refractivity contribution in [2.75, 3.05) is 26.2 Å². The van der Waals surface area contributed by atoms with Crippen molar-refractivity contribution in [2.45, 2.75) is 32.7 Å². The van der Waals surface area contributed by atoms with Crippen molar-refractivity contribution in [3.63, 3.8) is 0 Å². The zero-order valence-electron chi connectivity index (χ0n) is 16.9. The molecule has 1 aliphatic rings. The van der Waals surface area contributed by atoms with E-state index in [-0.39, 0.29) is 17.4 Å². The Morgan fingerprint density at radius 2 is 1.43 bits per heavy atom. The zero-order valence-corrected chi connectivity index (χ0v) is 16.9. The van der Waals surface area contributed by atoms with Gasteiger partial charge in [0, 0.05) is 38.3 Å². The van der Waals surface area contributed by atoms with E-state index in [4.69, 9.17) is 0 Å². The summed E-state index contributed by atoms with van der Waals surface area (Å²) in [6.45, 7) is 9.19. The Morgan fingerprint density at radius 3 is 2.00 bits per heavy atom. The van der Waals surface area contributed by atoms with E-state index < -0.39 is 0 Å². The molecule has 2 aromatic rings. The number of urea groups is 1. The van der Waals surface area contributed by atoms with Crippen LogP contribution in [0.25, 0.3) is 0 Å². The fourth-order valence-corrected chi connectivity index (χ4v) is 3.29. The molecule has 0 aliphatic carbocycles. The highest BCUT2D eigenvalue weighted by atomic mass is 16.2. The summed E-state index contributed by atoms with van der Waals surface area (Å²) in [5.41, 5.74) is 3.06. The summed E-state index contributed by atoms with van der Waals surface area (Å²) in [4.78, 5) is 28.7. The number of amides is 3. The summed E-state index contributed by atoms with van der Waals surface area (Å²) in [6, 6.07) is 17.6. The molecular formula is C23H29N3O2. The molecule has 0 aromatic heterocycles. The average Bonchev–Trinajstić information content (AvgIpc) is 2.72. The molecule has 2 aromatic carbocycles. The van der Waals surface area contributed by atoms with Crippen LogP contribution < -0.4 is 5.32 Å². The molecule has 0 bridgehead atoms. The van der Waals surface area contributed by atoms with E-state index >= 15 is 0 Å². The van der Waals surface area contributed by atoms with E-state index in [0.717, 1.165) is 5.56 Å². The van der Waals surface area contributed by atoms with Crippen molar-refractivity contribution in [3.8, 4) is 0 Å². The van der Waals surface area contributed by atoms with Gasteiger partial charge in [0.05, 0.1) is 0 Å². The van der Waals surface area contributed by atoms with Crippen molar-refractivity contribution in [1.82, 2.24) is 15.1 Å². The summed E-state index contributed by atoms with van der Waals surface area (Å²) in [5, 5.41) is 2.95. The van der Waals surface area contributed by atoms with Gasteiger partial charge in [0.25, 0.3) is 5.91 Å². The number of hydrogen-bond donors (Lipinski definition) is 1. The van der Waals surface area contributed by atoms with Crippen molar-refractivity contribution in [2.24, 2.45) is 0 Å². The third-order valence-electron chi connectivity index (χ3n) is 5.14. The summed E-state index contributed by atoms with van der Waals surface area (Å²) >= 11 is 0. The second kappa shape index (κ2) is 8.46. The minimum atomic E-state index is -0.0783. The standard InChI is InChI=1S/C23H29N3O2/c1-23(2,3)20-11-9-19(10-12-20)21(27)25-13-15-26(16-14-25)22(28)24-17-18-7-5-4-6-8-18/h4-12H,13-17H2,1-3H3,(H,24,28). The lowest BCUT2D eigenvalue weighted by Crippen LogP contribution is -2.53. The molecule has 0 atom stereocenters. The van der Waals surface area contributed by atoms with Crippen molar-refractivity contribution in [3.05, 3.63) is 71.3 Å². The number of benzene rings is 2. The maximum Gasteiger partial charge on any atom is 0.317 e. The molecule has 0 spiro atoms. The number of nitrogens with one attached hydrogen (secondary N) is 1. The first-order chi connectivity index (χ1) is 13.3. The van der Waals surface area contributed by atoms with Crippen molar-refractivity contribution >= 4 is 11.9 Å². The molecule has 28 heavy (non-hydrogen) atoms. The normalized spacial score (nSPS) is 14.7. The van der Waals surface area contributed by atoms with E-state index in [9.17, 15) is 9.59 Å². The van der Waals surface area contributed by atoms with Crippen LogP contribution in [0.1, 0.15) is 42.3 Å². The summed E-state index contributed by atoms with van der Waals surface area (Å²) < 4.78 is 0. The van der Waals surface area contributed by atoms with E-state index in [2.05, 4.69) is 26.1 Å². The van der Waals surface area contributed by atoms with E-state index in [1.54, 1.807) is 4.90 Å². The molecule has 1 saturated heterocycles. The molecule has 1 heterocycles. The Bertz CT molecular complexity index is 802. The van der Waals surface area contributed by atoms with Crippen LogP contribution in [0.3, 0.4) is 0 Å². The molecular weight excluding hydrogens is 350 g/mol. The summed E-state index contributed by atoms with van der Waals surface area (Å²) in [6.07, 6.45) is 0. The molecule has 3 rings (SSSR count). The Hall–Kier alpha value is -2.82. The van der Waals surface area contributed by atoms with Crippen LogP contribution in [0.2, 0.25) is 0 Å². The van der Waals surface area contributed by atoms with Gasteiger partial charge >= 0.3 is 6.03 Å². The molecule has 1 fully saturated rings. The van der Waals surface area contributed by atoms with Gasteiger partial charge in [-0.1, -0.05) is 63.2 Å². The van der Waals surface area contributed by atoms with Crippen LogP contribution in [-0.4, -0.2) is 47.9 Å². The zero-order chi connectivity index (χ0) is 20.1. The number of piperazine rings is 1. The summed E-state index contributed by atoms with van der Waals surface area (Å²) in [7, 11) is 0. The Morgan fingerprint density at radius 1 is 0.857 bits per heavy atom. The minimum absolute atomic E-state index is 0.0322. The molecule has 1 N–H and O–H groups in total. The first-order valence-electron chi connectivity index (χ1n) is 9.81. The average molecular weight is 380 g/mol. The molecule has 5 nitrogen and oxygen atoms in total. The van der Waals surface area contributed by atoms with Crippen LogP contribution in [0.4, 0.5) is 4.79 Å². The number of carbonyl (C=O) groups is 2. The smallest absolute Gasteiger partial charge is 0.317 e. The van der Waals surface area contributed by atoms with Crippen LogP contribution in [0, 0.1) is 0 Å². The third kappa shape index (κ3) is 4.91. The first kappa shape index (κ1) is 19.9.